The Balaban J connectivity index is 1.85. The fourth-order valence-corrected chi connectivity index (χ4v) is 3.13. The van der Waals surface area contributed by atoms with Crippen molar-refractivity contribution in [1.29, 1.82) is 0 Å². The van der Waals surface area contributed by atoms with Crippen molar-refractivity contribution in [2.45, 2.75) is 44.6 Å². The number of allylic oxidation sites excluding steroid dienone is 1. The van der Waals surface area contributed by atoms with E-state index in [4.69, 9.17) is 5.11 Å². The smallest absolute Gasteiger partial charge is 0.0558 e. The molecule has 1 heterocycles. The van der Waals surface area contributed by atoms with Gasteiger partial charge >= 0.3 is 0 Å². The van der Waals surface area contributed by atoms with Crippen LogP contribution >= 0.6 is 0 Å². The highest BCUT2D eigenvalue weighted by Gasteiger charge is 2.20. The van der Waals surface area contributed by atoms with Crippen LogP contribution in [0.15, 0.2) is 12.2 Å². The summed E-state index contributed by atoms with van der Waals surface area (Å²) in [7, 11) is 0. The molecular formula is C15H28N2O. The molecule has 104 valence electrons. The molecule has 1 aliphatic heterocycles. The van der Waals surface area contributed by atoms with E-state index in [2.05, 4.69) is 22.0 Å². The standard InChI is InChI=1S/C15H28N2O/c18-14-13-16-9-6-10-17(12-11-16)15-7-4-2-1-3-5-8-15/h4,7,15,18H,1-3,5-6,8-14H2/b7-4+. The Labute approximate surface area is 111 Å². The van der Waals surface area contributed by atoms with Gasteiger partial charge in [0.1, 0.15) is 0 Å². The third-order valence-corrected chi connectivity index (χ3v) is 4.24. The number of rotatable bonds is 3. The Kier molecular flexibility index (Phi) is 6.18. The molecule has 1 saturated heterocycles. The van der Waals surface area contributed by atoms with E-state index in [0.717, 1.165) is 26.2 Å². The molecule has 0 aromatic heterocycles. The van der Waals surface area contributed by atoms with Gasteiger partial charge in [0, 0.05) is 25.7 Å². The van der Waals surface area contributed by atoms with E-state index in [1.54, 1.807) is 0 Å². The third kappa shape index (κ3) is 4.38. The van der Waals surface area contributed by atoms with Gasteiger partial charge in [0.2, 0.25) is 0 Å². The summed E-state index contributed by atoms with van der Waals surface area (Å²) in [5.74, 6) is 0. The molecular weight excluding hydrogens is 224 g/mol. The minimum absolute atomic E-state index is 0.295. The average molecular weight is 252 g/mol. The van der Waals surface area contributed by atoms with Gasteiger partial charge in [-0.1, -0.05) is 25.0 Å². The second-order valence-corrected chi connectivity index (χ2v) is 5.59. The molecule has 0 amide bonds. The largest absolute Gasteiger partial charge is 0.395 e. The van der Waals surface area contributed by atoms with Gasteiger partial charge in [-0.2, -0.15) is 0 Å². The maximum Gasteiger partial charge on any atom is 0.0558 e. The Morgan fingerprint density at radius 2 is 1.94 bits per heavy atom. The Morgan fingerprint density at radius 3 is 2.83 bits per heavy atom. The number of hydrogen-bond acceptors (Lipinski definition) is 3. The van der Waals surface area contributed by atoms with Crippen molar-refractivity contribution in [1.82, 2.24) is 9.80 Å². The summed E-state index contributed by atoms with van der Waals surface area (Å²) in [6, 6.07) is 0.666. The van der Waals surface area contributed by atoms with Crippen molar-refractivity contribution in [3.63, 3.8) is 0 Å². The van der Waals surface area contributed by atoms with E-state index >= 15 is 0 Å². The zero-order chi connectivity index (χ0) is 12.6. The highest BCUT2D eigenvalue weighted by atomic mass is 16.3. The number of aliphatic hydroxyl groups excluding tert-OH is 1. The van der Waals surface area contributed by atoms with E-state index in [1.807, 2.05) is 0 Å². The predicted octanol–water partition coefficient (Wildman–Crippen LogP) is 1.88. The van der Waals surface area contributed by atoms with E-state index < -0.39 is 0 Å². The molecule has 2 rings (SSSR count). The van der Waals surface area contributed by atoms with Crippen LogP contribution in [-0.2, 0) is 0 Å². The van der Waals surface area contributed by atoms with Crippen LogP contribution in [0.1, 0.15) is 38.5 Å². The summed E-state index contributed by atoms with van der Waals surface area (Å²) in [4.78, 5) is 5.05. The number of β-amino-alcohol motifs (C(OH)–C–C–N with tert-alkyl or cyclic N) is 1. The molecule has 1 fully saturated rings. The quantitative estimate of drug-likeness (QED) is 0.777. The monoisotopic (exact) mass is 252 g/mol. The summed E-state index contributed by atoms with van der Waals surface area (Å²) in [5.41, 5.74) is 0. The molecule has 3 nitrogen and oxygen atoms in total. The third-order valence-electron chi connectivity index (χ3n) is 4.24. The van der Waals surface area contributed by atoms with Gasteiger partial charge in [0.05, 0.1) is 6.61 Å². The fourth-order valence-electron chi connectivity index (χ4n) is 3.13. The van der Waals surface area contributed by atoms with Crippen LogP contribution in [0, 0.1) is 0 Å². The van der Waals surface area contributed by atoms with Gasteiger partial charge in [-0.05, 0) is 38.8 Å². The summed E-state index contributed by atoms with van der Waals surface area (Å²) in [5, 5.41) is 9.03. The molecule has 0 spiro atoms. The summed E-state index contributed by atoms with van der Waals surface area (Å²) >= 11 is 0. The summed E-state index contributed by atoms with van der Waals surface area (Å²) in [6.45, 7) is 5.78. The first kappa shape index (κ1) is 14.0. The Bertz CT molecular complexity index is 255. The van der Waals surface area contributed by atoms with E-state index in [9.17, 15) is 0 Å². The Hall–Kier alpha value is -0.380. The van der Waals surface area contributed by atoms with Gasteiger partial charge in [-0.25, -0.2) is 0 Å². The van der Waals surface area contributed by atoms with Crippen molar-refractivity contribution >= 4 is 0 Å². The molecule has 1 atom stereocenters. The molecule has 0 bridgehead atoms. The maximum absolute atomic E-state index is 9.03. The molecule has 3 heteroatoms. The first-order valence-corrected chi connectivity index (χ1v) is 7.64. The van der Waals surface area contributed by atoms with Crippen molar-refractivity contribution in [2.24, 2.45) is 0 Å². The van der Waals surface area contributed by atoms with E-state index in [-0.39, 0.29) is 0 Å². The molecule has 1 unspecified atom stereocenters. The lowest BCUT2D eigenvalue weighted by Gasteiger charge is -2.29. The zero-order valence-corrected chi connectivity index (χ0v) is 11.6. The summed E-state index contributed by atoms with van der Waals surface area (Å²) < 4.78 is 0. The minimum atomic E-state index is 0.295. The Morgan fingerprint density at radius 1 is 1.00 bits per heavy atom. The average Bonchev–Trinajstić information content (AvgIpc) is 2.55. The van der Waals surface area contributed by atoms with E-state index in [1.165, 1.54) is 45.1 Å². The minimum Gasteiger partial charge on any atom is -0.395 e. The fraction of sp³-hybridized carbons (Fsp3) is 0.867. The lowest BCUT2D eigenvalue weighted by Crippen LogP contribution is -2.38. The number of nitrogens with zero attached hydrogens (tertiary/aromatic N) is 2. The molecule has 0 saturated carbocycles. The van der Waals surface area contributed by atoms with Gasteiger partial charge in [0.25, 0.3) is 0 Å². The van der Waals surface area contributed by atoms with Gasteiger partial charge in [-0.3, -0.25) is 9.80 Å². The molecule has 1 N–H and O–H groups in total. The van der Waals surface area contributed by atoms with Crippen LogP contribution < -0.4 is 0 Å². The zero-order valence-electron chi connectivity index (χ0n) is 11.6. The summed E-state index contributed by atoms with van der Waals surface area (Å²) in [6.07, 6.45) is 12.8. The number of hydrogen-bond donors (Lipinski definition) is 1. The van der Waals surface area contributed by atoms with Crippen LogP contribution in [0.5, 0.6) is 0 Å². The van der Waals surface area contributed by atoms with Crippen LogP contribution in [0.25, 0.3) is 0 Å². The van der Waals surface area contributed by atoms with Crippen molar-refractivity contribution in [3.8, 4) is 0 Å². The lowest BCUT2D eigenvalue weighted by molar-refractivity contribution is 0.187. The lowest BCUT2D eigenvalue weighted by atomic mass is 10.0. The highest BCUT2D eigenvalue weighted by Crippen LogP contribution is 2.18. The molecule has 0 aromatic rings. The first-order valence-electron chi connectivity index (χ1n) is 7.64. The van der Waals surface area contributed by atoms with Crippen molar-refractivity contribution in [3.05, 3.63) is 12.2 Å². The molecule has 0 aromatic carbocycles. The molecule has 0 radical (unpaired) electrons. The number of aliphatic hydroxyl groups is 1. The van der Waals surface area contributed by atoms with Crippen LogP contribution in [0.3, 0.4) is 0 Å². The molecule has 1 aliphatic carbocycles. The SMILES string of the molecule is OCCN1CCCN(C2/C=C/CCCCC2)CC1. The van der Waals surface area contributed by atoms with E-state index in [0.29, 0.717) is 12.6 Å². The highest BCUT2D eigenvalue weighted by molar-refractivity contribution is 4.96. The van der Waals surface area contributed by atoms with Crippen LogP contribution in [-0.4, -0.2) is 60.3 Å². The first-order chi connectivity index (χ1) is 8.90. The van der Waals surface area contributed by atoms with Crippen LogP contribution in [0.4, 0.5) is 0 Å². The second kappa shape index (κ2) is 7.93. The second-order valence-electron chi connectivity index (χ2n) is 5.59. The normalized spacial score (nSPS) is 30.4. The van der Waals surface area contributed by atoms with Crippen molar-refractivity contribution in [2.75, 3.05) is 39.3 Å². The van der Waals surface area contributed by atoms with Crippen molar-refractivity contribution < 1.29 is 5.11 Å². The van der Waals surface area contributed by atoms with Crippen LogP contribution in [0.2, 0.25) is 0 Å². The van der Waals surface area contributed by atoms with Gasteiger partial charge in [-0.15, -0.1) is 0 Å². The molecule has 2 aliphatic rings. The topological polar surface area (TPSA) is 26.7 Å². The predicted molar refractivity (Wildman–Crippen MR) is 75.7 cm³/mol. The van der Waals surface area contributed by atoms with Gasteiger partial charge in [0.15, 0.2) is 0 Å². The molecule has 18 heavy (non-hydrogen) atoms. The maximum atomic E-state index is 9.03. The van der Waals surface area contributed by atoms with Gasteiger partial charge < -0.3 is 5.11 Å².